The Hall–Kier alpha value is -3.13. The summed E-state index contributed by atoms with van der Waals surface area (Å²) in [7, 11) is 1.85. The Morgan fingerprint density at radius 3 is 2.30 bits per heavy atom. The molecule has 2 aromatic carbocycles. The Morgan fingerprint density at radius 1 is 1.00 bits per heavy atom. The van der Waals surface area contributed by atoms with Gasteiger partial charge < -0.3 is 19.9 Å². The number of imide groups is 1. The van der Waals surface area contributed by atoms with E-state index in [-0.39, 0.29) is 17.9 Å². The molecule has 176 valence electrons. The number of ether oxygens (including phenoxy) is 1. The van der Waals surface area contributed by atoms with Gasteiger partial charge in [0, 0.05) is 60.3 Å². The van der Waals surface area contributed by atoms with Gasteiger partial charge in [0.1, 0.15) is 5.60 Å². The highest BCUT2D eigenvalue weighted by atomic mass is 16.6. The summed E-state index contributed by atoms with van der Waals surface area (Å²) in [5, 5.41) is 4.68. The van der Waals surface area contributed by atoms with Crippen LogP contribution >= 0.6 is 0 Å². The average molecular weight is 453 g/mol. The van der Waals surface area contributed by atoms with Crippen molar-refractivity contribution in [3.8, 4) is 0 Å². The zero-order chi connectivity index (χ0) is 23.8. The van der Waals surface area contributed by atoms with Crippen molar-refractivity contribution in [3.05, 3.63) is 41.5 Å². The van der Waals surface area contributed by atoms with E-state index in [1.165, 1.54) is 4.90 Å². The summed E-state index contributed by atoms with van der Waals surface area (Å²) < 4.78 is 5.50. The van der Waals surface area contributed by atoms with Crippen molar-refractivity contribution in [1.82, 2.24) is 15.1 Å². The fraction of sp³-hybridized carbons (Fsp3) is 0.480. The number of hydrogen-bond donors (Lipinski definition) is 1. The Bertz CT molecular complexity index is 1060. The minimum atomic E-state index is -0.523. The van der Waals surface area contributed by atoms with Crippen molar-refractivity contribution in [2.75, 3.05) is 51.2 Å². The van der Waals surface area contributed by atoms with Crippen molar-refractivity contribution in [1.29, 1.82) is 0 Å². The van der Waals surface area contributed by atoms with Gasteiger partial charge in [-0.3, -0.25) is 14.5 Å². The van der Waals surface area contributed by atoms with Crippen molar-refractivity contribution < 1.29 is 19.1 Å². The van der Waals surface area contributed by atoms with Crippen LogP contribution in [0.25, 0.3) is 10.8 Å². The number of carbonyl (C=O) groups excluding carboxylic acids is 3. The molecule has 2 heterocycles. The Labute approximate surface area is 194 Å². The van der Waals surface area contributed by atoms with Crippen molar-refractivity contribution in [3.63, 3.8) is 0 Å². The van der Waals surface area contributed by atoms with Crippen LogP contribution in [0.15, 0.2) is 30.3 Å². The van der Waals surface area contributed by atoms with E-state index in [1.807, 2.05) is 52.1 Å². The quantitative estimate of drug-likeness (QED) is 0.555. The van der Waals surface area contributed by atoms with Crippen LogP contribution in [0.1, 0.15) is 47.9 Å². The van der Waals surface area contributed by atoms with Gasteiger partial charge in [-0.25, -0.2) is 4.79 Å². The molecule has 0 saturated carbocycles. The lowest BCUT2D eigenvalue weighted by molar-refractivity contribution is 0.0240. The number of anilines is 1. The number of nitrogens with zero attached hydrogens (tertiary/aromatic N) is 3. The first kappa shape index (κ1) is 23.0. The van der Waals surface area contributed by atoms with Gasteiger partial charge in [0.05, 0.1) is 0 Å². The van der Waals surface area contributed by atoms with Gasteiger partial charge in [-0.1, -0.05) is 12.1 Å². The van der Waals surface area contributed by atoms with Crippen LogP contribution < -0.4 is 10.2 Å². The van der Waals surface area contributed by atoms with Gasteiger partial charge in [0.15, 0.2) is 0 Å². The van der Waals surface area contributed by atoms with Crippen LogP contribution in [-0.4, -0.2) is 79.6 Å². The second-order valence-corrected chi connectivity index (χ2v) is 9.53. The third-order valence-electron chi connectivity index (χ3n) is 6.05. The van der Waals surface area contributed by atoms with Crippen LogP contribution in [-0.2, 0) is 4.74 Å². The van der Waals surface area contributed by atoms with Gasteiger partial charge in [-0.15, -0.1) is 0 Å². The highest BCUT2D eigenvalue weighted by Gasteiger charge is 2.34. The fourth-order valence-electron chi connectivity index (χ4n) is 4.48. The molecule has 3 amide bonds. The normalized spacial score (nSPS) is 16.5. The Kier molecular flexibility index (Phi) is 6.30. The van der Waals surface area contributed by atoms with E-state index in [2.05, 4.69) is 10.2 Å². The molecule has 0 radical (unpaired) electrons. The highest BCUT2D eigenvalue weighted by Crippen LogP contribution is 2.36. The Morgan fingerprint density at radius 2 is 1.67 bits per heavy atom. The molecule has 2 aliphatic rings. The maximum absolute atomic E-state index is 13.1. The molecule has 0 unspecified atom stereocenters. The van der Waals surface area contributed by atoms with Crippen LogP contribution in [0.2, 0.25) is 0 Å². The monoisotopic (exact) mass is 452 g/mol. The standard InChI is InChI=1S/C25H32N4O4/c1-25(2,3)33-24(32)28-15-13-27(14-16-28)20-10-9-19-21-17(20)7-5-8-18(21)22(30)29(23(19)31)12-6-11-26-4/h5,7-10,26H,6,11-16H2,1-4H3. The van der Waals surface area contributed by atoms with E-state index in [0.717, 1.165) is 23.0 Å². The van der Waals surface area contributed by atoms with E-state index >= 15 is 0 Å². The van der Waals surface area contributed by atoms with E-state index in [0.29, 0.717) is 50.3 Å². The molecule has 2 aromatic rings. The van der Waals surface area contributed by atoms with E-state index in [4.69, 9.17) is 4.74 Å². The van der Waals surface area contributed by atoms with Crippen molar-refractivity contribution >= 4 is 34.4 Å². The molecule has 1 fully saturated rings. The number of amides is 3. The number of rotatable bonds is 5. The number of carbonyl (C=O) groups is 3. The van der Waals surface area contributed by atoms with Gasteiger partial charge >= 0.3 is 6.09 Å². The molecule has 33 heavy (non-hydrogen) atoms. The van der Waals surface area contributed by atoms with Crippen LogP contribution in [0.5, 0.6) is 0 Å². The molecule has 8 heteroatoms. The molecule has 0 bridgehead atoms. The first-order valence-electron chi connectivity index (χ1n) is 11.5. The topological polar surface area (TPSA) is 82.2 Å². The van der Waals surface area contributed by atoms with Crippen molar-refractivity contribution in [2.45, 2.75) is 32.8 Å². The average Bonchev–Trinajstić information content (AvgIpc) is 2.78. The fourth-order valence-corrected chi connectivity index (χ4v) is 4.48. The molecule has 0 spiro atoms. The molecular formula is C25H32N4O4. The van der Waals surface area contributed by atoms with E-state index < -0.39 is 5.60 Å². The molecule has 1 N–H and O–H groups in total. The van der Waals surface area contributed by atoms with E-state index in [9.17, 15) is 14.4 Å². The lowest BCUT2D eigenvalue weighted by atomic mass is 9.92. The molecule has 0 atom stereocenters. The summed E-state index contributed by atoms with van der Waals surface area (Å²) in [5.74, 6) is -0.470. The number of hydrogen-bond acceptors (Lipinski definition) is 6. The smallest absolute Gasteiger partial charge is 0.410 e. The molecule has 8 nitrogen and oxygen atoms in total. The molecule has 2 aliphatic heterocycles. The third kappa shape index (κ3) is 4.53. The minimum absolute atomic E-state index is 0.235. The van der Waals surface area contributed by atoms with Crippen LogP contribution in [0.4, 0.5) is 10.5 Å². The summed E-state index contributed by atoms with van der Waals surface area (Å²) >= 11 is 0. The summed E-state index contributed by atoms with van der Waals surface area (Å²) in [6.45, 7) is 9.11. The summed E-state index contributed by atoms with van der Waals surface area (Å²) in [6.07, 6.45) is 0.410. The summed E-state index contributed by atoms with van der Waals surface area (Å²) in [6, 6.07) is 9.44. The Balaban J connectivity index is 1.58. The lowest BCUT2D eigenvalue weighted by Gasteiger charge is -2.37. The number of benzene rings is 2. The van der Waals surface area contributed by atoms with Crippen LogP contribution in [0.3, 0.4) is 0 Å². The molecular weight excluding hydrogens is 420 g/mol. The maximum atomic E-state index is 13.1. The van der Waals surface area contributed by atoms with Crippen LogP contribution in [0, 0.1) is 0 Å². The predicted octanol–water partition coefficient (Wildman–Crippen LogP) is 3.10. The molecule has 0 aromatic heterocycles. The summed E-state index contributed by atoms with van der Waals surface area (Å²) in [5.41, 5.74) is 1.59. The predicted molar refractivity (Wildman–Crippen MR) is 128 cm³/mol. The summed E-state index contributed by atoms with van der Waals surface area (Å²) in [4.78, 5) is 44.0. The molecule has 1 saturated heterocycles. The second kappa shape index (κ2) is 9.02. The number of nitrogens with one attached hydrogen (secondary N) is 1. The first-order valence-corrected chi connectivity index (χ1v) is 11.5. The highest BCUT2D eigenvalue weighted by molar-refractivity contribution is 6.26. The van der Waals surface area contributed by atoms with Gasteiger partial charge in [-0.05, 0) is 59.0 Å². The minimum Gasteiger partial charge on any atom is -0.444 e. The SMILES string of the molecule is CNCCCN1C(=O)c2cccc3c(N4CCN(C(=O)OC(C)(C)C)CC4)ccc(c23)C1=O. The largest absolute Gasteiger partial charge is 0.444 e. The maximum Gasteiger partial charge on any atom is 0.410 e. The van der Waals surface area contributed by atoms with Crippen molar-refractivity contribution in [2.24, 2.45) is 0 Å². The molecule has 4 rings (SSSR count). The van der Waals surface area contributed by atoms with Gasteiger partial charge in [0.25, 0.3) is 11.8 Å². The molecule has 0 aliphatic carbocycles. The second-order valence-electron chi connectivity index (χ2n) is 9.53. The first-order chi connectivity index (χ1) is 15.7. The van der Waals surface area contributed by atoms with Gasteiger partial charge in [-0.2, -0.15) is 0 Å². The third-order valence-corrected chi connectivity index (χ3v) is 6.05. The number of piperazine rings is 1. The van der Waals surface area contributed by atoms with Gasteiger partial charge in [0.2, 0.25) is 0 Å². The zero-order valence-electron chi connectivity index (χ0n) is 19.8. The lowest BCUT2D eigenvalue weighted by Crippen LogP contribution is -2.50. The van der Waals surface area contributed by atoms with E-state index in [1.54, 1.807) is 11.0 Å². The zero-order valence-corrected chi connectivity index (χ0v) is 19.8.